The Balaban J connectivity index is 0. The molecular weight excluding hydrogens is 227 g/mol. The minimum atomic E-state index is -4.67. The zero-order valence-corrected chi connectivity index (χ0v) is 7.29. The van der Waals surface area contributed by atoms with Crippen molar-refractivity contribution in [1.29, 1.82) is 0 Å². The van der Waals surface area contributed by atoms with Crippen molar-refractivity contribution in [2.75, 3.05) is 0 Å². The standard InChI is InChI=1S/CH3.H2O4S.Sn/c;1-5(2,3)4;/h1H3;(H2,1,2,3,4);. The van der Waals surface area contributed by atoms with Gasteiger partial charge >= 0.3 is 37.9 Å². The van der Waals surface area contributed by atoms with E-state index in [-0.39, 0.29) is 0 Å². The molecule has 4 nitrogen and oxygen atoms in total. The molecule has 0 aromatic heterocycles. The first-order valence-electron chi connectivity index (χ1n) is 1.20. The fourth-order valence-electron chi connectivity index (χ4n) is 0. The minimum absolute atomic E-state index is 1.55. The van der Waals surface area contributed by atoms with E-state index in [9.17, 15) is 0 Å². The van der Waals surface area contributed by atoms with Gasteiger partial charge in [0, 0.05) is 0 Å². The van der Waals surface area contributed by atoms with Gasteiger partial charge in [-0.3, -0.25) is 9.11 Å². The van der Waals surface area contributed by atoms with Crippen LogP contribution < -0.4 is 0 Å². The van der Waals surface area contributed by atoms with E-state index >= 15 is 0 Å². The van der Waals surface area contributed by atoms with E-state index in [1.54, 1.807) is 22.5 Å². The molecule has 0 aliphatic heterocycles. The molecule has 0 aliphatic carbocycles. The van der Waals surface area contributed by atoms with Gasteiger partial charge in [0.25, 0.3) is 0 Å². The van der Waals surface area contributed by atoms with Crippen molar-refractivity contribution >= 4 is 32.9 Å². The molecule has 0 heterocycles. The Hall–Kier alpha value is 0.669. The molecule has 0 saturated carbocycles. The maximum absolute atomic E-state index is 8.74. The van der Waals surface area contributed by atoms with E-state index in [1.807, 2.05) is 0 Å². The summed E-state index contributed by atoms with van der Waals surface area (Å²) in [4.78, 5) is 2.09. The van der Waals surface area contributed by atoms with E-state index in [2.05, 4.69) is 4.94 Å². The van der Waals surface area contributed by atoms with Gasteiger partial charge in [-0.1, -0.05) is 0 Å². The van der Waals surface area contributed by atoms with Crippen molar-refractivity contribution in [2.24, 2.45) is 0 Å². The number of hydrogen-bond donors (Lipinski definition) is 2. The van der Waals surface area contributed by atoms with Crippen LogP contribution in [0.5, 0.6) is 0 Å². The third-order valence-electron chi connectivity index (χ3n) is 0. The quantitative estimate of drug-likeness (QED) is 0.438. The van der Waals surface area contributed by atoms with Gasteiger partial charge in [0.1, 0.15) is 0 Å². The molecule has 0 unspecified atom stereocenters. The molecule has 6 heteroatoms. The van der Waals surface area contributed by atoms with Crippen LogP contribution >= 0.6 is 0 Å². The fourth-order valence-corrected chi connectivity index (χ4v) is 0. The molecule has 0 aromatic rings. The summed E-state index contributed by atoms with van der Waals surface area (Å²) >= 11 is 1.55. The van der Waals surface area contributed by atoms with Crippen LogP contribution in [0.3, 0.4) is 0 Å². The molecule has 0 aliphatic rings. The predicted octanol–water partition coefficient (Wildman–Crippen LogP) is -0.450. The molecule has 0 aromatic carbocycles. The van der Waals surface area contributed by atoms with Crippen molar-refractivity contribution in [3.63, 3.8) is 0 Å². The molecule has 0 spiro atoms. The molecule has 0 fully saturated rings. The van der Waals surface area contributed by atoms with Crippen LogP contribution in [0.4, 0.5) is 0 Å². The van der Waals surface area contributed by atoms with Crippen LogP contribution in [-0.4, -0.2) is 40.0 Å². The third kappa shape index (κ3) is 325. The van der Waals surface area contributed by atoms with E-state index in [0.29, 0.717) is 0 Å². The molecule has 0 saturated heterocycles. The Labute approximate surface area is 55.6 Å². The Morgan fingerprint density at radius 2 is 1.29 bits per heavy atom. The summed E-state index contributed by atoms with van der Waals surface area (Å²) in [5.41, 5.74) is 0. The van der Waals surface area contributed by atoms with E-state index in [4.69, 9.17) is 17.5 Å². The molecule has 0 bridgehead atoms. The van der Waals surface area contributed by atoms with Crippen molar-refractivity contribution in [3.8, 4) is 0 Å². The molecule has 7 heavy (non-hydrogen) atoms. The van der Waals surface area contributed by atoms with Gasteiger partial charge < -0.3 is 0 Å². The van der Waals surface area contributed by atoms with Crippen molar-refractivity contribution < 1.29 is 17.5 Å². The van der Waals surface area contributed by atoms with Gasteiger partial charge in [-0.25, -0.2) is 0 Å². The van der Waals surface area contributed by atoms with Crippen LogP contribution in [0.1, 0.15) is 0 Å². The summed E-state index contributed by atoms with van der Waals surface area (Å²) < 4.78 is 31.6. The topological polar surface area (TPSA) is 74.6 Å². The molecule has 0 atom stereocenters. The van der Waals surface area contributed by atoms with Gasteiger partial charge in [-0.15, -0.1) is 0 Å². The zero-order valence-electron chi connectivity index (χ0n) is 3.62. The Morgan fingerprint density at radius 3 is 1.29 bits per heavy atom. The second kappa shape index (κ2) is 4.82. The molecule has 2 N–H and O–H groups in total. The molecule has 0 amide bonds. The molecule has 0 rings (SSSR count). The summed E-state index contributed by atoms with van der Waals surface area (Å²) in [5.74, 6) is 0. The average Bonchev–Trinajstić information content (AvgIpc) is 1.36. The first-order chi connectivity index (χ1) is 3.00. The van der Waals surface area contributed by atoms with Gasteiger partial charge in [-0.05, 0) is 0 Å². The van der Waals surface area contributed by atoms with Gasteiger partial charge in [-0.2, -0.15) is 8.42 Å². The average molecular weight is 232 g/mol. The maximum atomic E-state index is 8.74. The van der Waals surface area contributed by atoms with Crippen LogP contribution in [-0.2, 0) is 10.4 Å². The number of rotatable bonds is 0. The summed E-state index contributed by atoms with van der Waals surface area (Å²) in [6.45, 7) is 0. The SMILES string of the molecule is O=S(=O)(O)O.[CH3][Sn]. The zero-order chi connectivity index (χ0) is 6.50. The monoisotopic (exact) mass is 233 g/mol. The van der Waals surface area contributed by atoms with Gasteiger partial charge in [0.15, 0.2) is 0 Å². The summed E-state index contributed by atoms with van der Waals surface area (Å²) in [6.07, 6.45) is 0. The van der Waals surface area contributed by atoms with E-state index < -0.39 is 10.4 Å². The molecule has 3 radical (unpaired) electrons. The summed E-state index contributed by atoms with van der Waals surface area (Å²) in [6, 6.07) is 0. The Bertz CT molecular complexity index is 94.9. The summed E-state index contributed by atoms with van der Waals surface area (Å²) in [7, 11) is -4.67. The molecular formula is CH5O4SSn. The third-order valence-corrected chi connectivity index (χ3v) is 0. The fraction of sp³-hybridized carbons (Fsp3) is 1.00. The van der Waals surface area contributed by atoms with E-state index in [0.717, 1.165) is 0 Å². The Morgan fingerprint density at radius 1 is 1.29 bits per heavy atom. The van der Waals surface area contributed by atoms with Crippen LogP contribution in [0, 0.1) is 0 Å². The van der Waals surface area contributed by atoms with Crippen molar-refractivity contribution in [2.45, 2.75) is 4.94 Å². The predicted molar refractivity (Wildman–Crippen MR) is 25.8 cm³/mol. The van der Waals surface area contributed by atoms with Crippen LogP contribution in [0.2, 0.25) is 4.94 Å². The number of hydrogen-bond acceptors (Lipinski definition) is 2. The second-order valence-electron chi connectivity index (χ2n) is 0.448. The molecule has 43 valence electrons. The van der Waals surface area contributed by atoms with Crippen molar-refractivity contribution in [3.05, 3.63) is 0 Å². The summed E-state index contributed by atoms with van der Waals surface area (Å²) in [5, 5.41) is 0. The first-order valence-corrected chi connectivity index (χ1v) is 5.45. The van der Waals surface area contributed by atoms with Crippen LogP contribution in [0.25, 0.3) is 0 Å². The van der Waals surface area contributed by atoms with Crippen molar-refractivity contribution in [1.82, 2.24) is 0 Å². The second-order valence-corrected chi connectivity index (χ2v) is 1.34. The normalized spacial score (nSPS) is 9.14. The Kier molecular flexibility index (Phi) is 7.31. The van der Waals surface area contributed by atoms with Gasteiger partial charge in [0.2, 0.25) is 0 Å². The first kappa shape index (κ1) is 10.6. The van der Waals surface area contributed by atoms with E-state index in [1.165, 1.54) is 0 Å². The van der Waals surface area contributed by atoms with Crippen LogP contribution in [0.15, 0.2) is 0 Å². The van der Waals surface area contributed by atoms with Gasteiger partial charge in [0.05, 0.1) is 0 Å².